The van der Waals surface area contributed by atoms with E-state index in [-0.39, 0.29) is 11.1 Å². The van der Waals surface area contributed by atoms with Gasteiger partial charge in [0.25, 0.3) is 5.56 Å². The van der Waals surface area contributed by atoms with Crippen molar-refractivity contribution < 1.29 is 0 Å². The van der Waals surface area contributed by atoms with Crippen molar-refractivity contribution in [2.45, 2.75) is 39.3 Å². The molecule has 0 radical (unpaired) electrons. The van der Waals surface area contributed by atoms with Crippen LogP contribution in [-0.4, -0.2) is 28.8 Å². The number of aromatic nitrogens is 2. The summed E-state index contributed by atoms with van der Waals surface area (Å²) in [6, 6.07) is 3.23. The predicted octanol–water partition coefficient (Wildman–Crippen LogP) is 0.638. The summed E-state index contributed by atoms with van der Waals surface area (Å²) in [5, 5.41) is 13.0. The van der Waals surface area contributed by atoms with Crippen LogP contribution in [0.15, 0.2) is 16.9 Å². The Morgan fingerprint density at radius 1 is 1.29 bits per heavy atom. The normalized spacial score (nSPS) is 11.7. The molecular weight excluding hydrogens is 216 g/mol. The smallest absolute Gasteiger partial charge is 0.264 e. The van der Waals surface area contributed by atoms with E-state index < -0.39 is 0 Å². The van der Waals surface area contributed by atoms with Gasteiger partial charge in [-0.05, 0) is 46.3 Å². The number of rotatable bonds is 6. The van der Waals surface area contributed by atoms with E-state index in [0.29, 0.717) is 6.54 Å². The van der Waals surface area contributed by atoms with Crippen LogP contribution >= 0.6 is 0 Å². The molecule has 17 heavy (non-hydrogen) atoms. The number of nitrogens with zero attached hydrogens (tertiary/aromatic N) is 1. The van der Waals surface area contributed by atoms with Crippen LogP contribution in [0.4, 0.5) is 0 Å². The van der Waals surface area contributed by atoms with Crippen molar-refractivity contribution >= 4 is 0 Å². The highest BCUT2D eigenvalue weighted by atomic mass is 16.1. The van der Waals surface area contributed by atoms with E-state index >= 15 is 0 Å². The first kappa shape index (κ1) is 13.9. The second-order valence-electron chi connectivity index (χ2n) is 5.12. The van der Waals surface area contributed by atoms with Gasteiger partial charge >= 0.3 is 0 Å². The molecule has 1 rings (SSSR count). The third-order valence-electron chi connectivity index (χ3n) is 2.23. The van der Waals surface area contributed by atoms with Gasteiger partial charge in [-0.2, -0.15) is 5.10 Å². The highest BCUT2D eigenvalue weighted by Crippen LogP contribution is 1.97. The standard InChI is InChI=1S/C12H22N4O/c1-12(2,3)14-8-4-7-13-9-10-5-6-11(17)16-15-10/h5-6,13-14H,4,7-9H2,1-3H3,(H,16,17). The number of nitrogens with one attached hydrogen (secondary N) is 3. The summed E-state index contributed by atoms with van der Waals surface area (Å²) in [6.07, 6.45) is 1.07. The van der Waals surface area contributed by atoms with Gasteiger partial charge in [0.1, 0.15) is 0 Å². The van der Waals surface area contributed by atoms with Gasteiger partial charge in [0.05, 0.1) is 5.69 Å². The highest BCUT2D eigenvalue weighted by Gasteiger charge is 2.06. The van der Waals surface area contributed by atoms with E-state index in [1.165, 1.54) is 6.07 Å². The predicted molar refractivity (Wildman–Crippen MR) is 68.9 cm³/mol. The number of hydrogen-bond donors (Lipinski definition) is 3. The van der Waals surface area contributed by atoms with Crippen LogP contribution in [0.25, 0.3) is 0 Å². The van der Waals surface area contributed by atoms with E-state index in [4.69, 9.17) is 0 Å². The van der Waals surface area contributed by atoms with Gasteiger partial charge in [0.2, 0.25) is 0 Å². The zero-order valence-corrected chi connectivity index (χ0v) is 10.8. The molecule has 0 atom stereocenters. The molecule has 0 saturated heterocycles. The largest absolute Gasteiger partial charge is 0.312 e. The van der Waals surface area contributed by atoms with Crippen molar-refractivity contribution in [3.05, 3.63) is 28.2 Å². The molecule has 1 aromatic heterocycles. The molecule has 0 aliphatic rings. The third-order valence-corrected chi connectivity index (χ3v) is 2.23. The Labute approximate surface area is 102 Å². The third kappa shape index (κ3) is 6.86. The molecule has 0 aliphatic heterocycles. The van der Waals surface area contributed by atoms with Crippen molar-refractivity contribution in [3.8, 4) is 0 Å². The lowest BCUT2D eigenvalue weighted by Crippen LogP contribution is -2.37. The quantitative estimate of drug-likeness (QED) is 0.636. The van der Waals surface area contributed by atoms with Crippen LogP contribution in [0.3, 0.4) is 0 Å². The van der Waals surface area contributed by atoms with E-state index in [1.54, 1.807) is 6.07 Å². The zero-order valence-electron chi connectivity index (χ0n) is 10.8. The van der Waals surface area contributed by atoms with Crippen LogP contribution in [0.5, 0.6) is 0 Å². The fourth-order valence-electron chi connectivity index (χ4n) is 1.37. The molecule has 0 fully saturated rings. The molecule has 0 aliphatic carbocycles. The lowest BCUT2D eigenvalue weighted by atomic mass is 10.1. The molecule has 5 nitrogen and oxygen atoms in total. The van der Waals surface area contributed by atoms with Crippen LogP contribution in [0.1, 0.15) is 32.9 Å². The SMILES string of the molecule is CC(C)(C)NCCCNCc1ccc(=O)[nH]n1. The fraction of sp³-hybridized carbons (Fsp3) is 0.667. The summed E-state index contributed by atoms with van der Waals surface area (Å²) in [7, 11) is 0. The maximum absolute atomic E-state index is 10.8. The van der Waals surface area contributed by atoms with Gasteiger partial charge in [-0.25, -0.2) is 5.10 Å². The van der Waals surface area contributed by atoms with E-state index in [1.807, 2.05) is 0 Å². The summed E-state index contributed by atoms with van der Waals surface area (Å²) in [6.45, 7) is 9.09. The Morgan fingerprint density at radius 2 is 2.06 bits per heavy atom. The summed E-state index contributed by atoms with van der Waals surface area (Å²) >= 11 is 0. The van der Waals surface area contributed by atoms with Crippen LogP contribution < -0.4 is 16.2 Å². The Hall–Kier alpha value is -1.20. The minimum atomic E-state index is -0.164. The molecule has 0 bridgehead atoms. The molecule has 96 valence electrons. The molecule has 0 spiro atoms. The minimum absolute atomic E-state index is 0.164. The van der Waals surface area contributed by atoms with Crippen molar-refractivity contribution in [3.63, 3.8) is 0 Å². The number of hydrogen-bond acceptors (Lipinski definition) is 4. The first-order chi connectivity index (χ1) is 7.97. The Morgan fingerprint density at radius 3 is 2.65 bits per heavy atom. The van der Waals surface area contributed by atoms with Crippen molar-refractivity contribution in [1.82, 2.24) is 20.8 Å². The van der Waals surface area contributed by atoms with Crippen molar-refractivity contribution in [2.75, 3.05) is 13.1 Å². The molecule has 5 heteroatoms. The van der Waals surface area contributed by atoms with Crippen molar-refractivity contribution in [1.29, 1.82) is 0 Å². The molecule has 3 N–H and O–H groups in total. The molecule has 1 heterocycles. The Bertz CT molecular complexity index is 360. The molecule has 1 aromatic rings. The monoisotopic (exact) mass is 238 g/mol. The summed E-state index contributed by atoms with van der Waals surface area (Å²) < 4.78 is 0. The highest BCUT2D eigenvalue weighted by molar-refractivity contribution is 4.98. The molecule has 0 amide bonds. The van der Waals surface area contributed by atoms with E-state index in [2.05, 4.69) is 41.6 Å². The molecule has 0 aromatic carbocycles. The Kier molecular flexibility index (Phi) is 5.31. The van der Waals surface area contributed by atoms with E-state index in [9.17, 15) is 4.79 Å². The lowest BCUT2D eigenvalue weighted by Gasteiger charge is -2.20. The van der Waals surface area contributed by atoms with Crippen LogP contribution in [0, 0.1) is 0 Å². The number of aromatic amines is 1. The topological polar surface area (TPSA) is 69.8 Å². The molecule has 0 saturated carbocycles. The summed E-state index contributed by atoms with van der Waals surface area (Å²) in [5.41, 5.74) is 0.872. The van der Waals surface area contributed by atoms with E-state index in [0.717, 1.165) is 25.2 Å². The molecular formula is C12H22N4O. The van der Waals surface area contributed by atoms with Gasteiger partial charge in [0, 0.05) is 18.2 Å². The maximum Gasteiger partial charge on any atom is 0.264 e. The lowest BCUT2D eigenvalue weighted by molar-refractivity contribution is 0.418. The van der Waals surface area contributed by atoms with Gasteiger partial charge < -0.3 is 10.6 Å². The first-order valence-electron chi connectivity index (χ1n) is 5.98. The van der Waals surface area contributed by atoms with Crippen LogP contribution in [0.2, 0.25) is 0 Å². The Balaban J connectivity index is 2.08. The van der Waals surface area contributed by atoms with Gasteiger partial charge in [-0.15, -0.1) is 0 Å². The summed E-state index contributed by atoms with van der Waals surface area (Å²) in [5.74, 6) is 0. The van der Waals surface area contributed by atoms with Gasteiger partial charge in [0.15, 0.2) is 0 Å². The second kappa shape index (κ2) is 6.51. The zero-order chi connectivity index (χ0) is 12.7. The summed E-state index contributed by atoms with van der Waals surface area (Å²) in [4.78, 5) is 10.8. The number of H-pyrrole nitrogens is 1. The average Bonchev–Trinajstić information content (AvgIpc) is 2.24. The average molecular weight is 238 g/mol. The fourth-order valence-corrected chi connectivity index (χ4v) is 1.37. The van der Waals surface area contributed by atoms with Crippen molar-refractivity contribution in [2.24, 2.45) is 0 Å². The maximum atomic E-state index is 10.8. The minimum Gasteiger partial charge on any atom is -0.312 e. The first-order valence-corrected chi connectivity index (χ1v) is 5.98. The second-order valence-corrected chi connectivity index (χ2v) is 5.12. The van der Waals surface area contributed by atoms with Gasteiger partial charge in [-0.1, -0.05) is 0 Å². The van der Waals surface area contributed by atoms with Gasteiger partial charge in [-0.3, -0.25) is 4.79 Å². The van der Waals surface area contributed by atoms with Crippen LogP contribution in [-0.2, 0) is 6.54 Å². The molecule has 0 unspecified atom stereocenters.